The molecule has 0 amide bonds. The van der Waals surface area contributed by atoms with Crippen LogP contribution in [-0.4, -0.2) is 16.0 Å². The van der Waals surface area contributed by atoms with Crippen LogP contribution in [0.5, 0.6) is 0 Å². The number of aliphatic imine (C=N–C) groups is 1. The van der Waals surface area contributed by atoms with E-state index in [1.807, 2.05) is 6.07 Å². The molecule has 0 fully saturated rings. The number of nitrogens with one attached hydrogen (secondary N) is 1. The van der Waals surface area contributed by atoms with Gasteiger partial charge >= 0.3 is 0 Å². The van der Waals surface area contributed by atoms with Crippen LogP contribution in [0.15, 0.2) is 11.1 Å². The standard InChI is InChI=1S/C9H16N4/c1-3-5-8(10)11-9-6-7(4-2)12-13-9/h6H,3-5H2,1-2H3,(H3,10,11,12,13). The minimum atomic E-state index is 0.650. The quantitative estimate of drug-likeness (QED) is 0.547. The summed E-state index contributed by atoms with van der Waals surface area (Å²) in [5.41, 5.74) is 6.75. The van der Waals surface area contributed by atoms with Gasteiger partial charge in [-0.2, -0.15) is 5.10 Å². The van der Waals surface area contributed by atoms with Gasteiger partial charge in [-0.25, -0.2) is 4.99 Å². The van der Waals surface area contributed by atoms with E-state index in [2.05, 4.69) is 29.0 Å². The molecule has 0 atom stereocenters. The smallest absolute Gasteiger partial charge is 0.175 e. The highest BCUT2D eigenvalue weighted by Gasteiger charge is 1.97. The van der Waals surface area contributed by atoms with Gasteiger partial charge in [0.25, 0.3) is 0 Å². The molecule has 0 aromatic carbocycles. The van der Waals surface area contributed by atoms with Gasteiger partial charge in [-0.15, -0.1) is 0 Å². The number of hydrogen-bond acceptors (Lipinski definition) is 2. The van der Waals surface area contributed by atoms with Gasteiger partial charge in [-0.05, 0) is 12.8 Å². The van der Waals surface area contributed by atoms with E-state index in [1.54, 1.807) is 0 Å². The average Bonchev–Trinajstić information content (AvgIpc) is 2.52. The number of rotatable bonds is 4. The zero-order chi connectivity index (χ0) is 9.68. The zero-order valence-electron chi connectivity index (χ0n) is 8.17. The van der Waals surface area contributed by atoms with Crippen LogP contribution in [-0.2, 0) is 6.42 Å². The Labute approximate surface area is 78.3 Å². The van der Waals surface area contributed by atoms with Gasteiger partial charge in [0.2, 0.25) is 0 Å². The van der Waals surface area contributed by atoms with Crippen molar-refractivity contribution in [2.45, 2.75) is 33.1 Å². The van der Waals surface area contributed by atoms with Crippen molar-refractivity contribution in [2.75, 3.05) is 0 Å². The number of H-pyrrole nitrogens is 1. The first-order valence-corrected chi connectivity index (χ1v) is 4.63. The van der Waals surface area contributed by atoms with Gasteiger partial charge < -0.3 is 5.73 Å². The number of amidine groups is 1. The summed E-state index contributed by atoms with van der Waals surface area (Å²) in [5, 5.41) is 6.91. The topological polar surface area (TPSA) is 67.1 Å². The monoisotopic (exact) mass is 180 g/mol. The Morgan fingerprint density at radius 3 is 2.92 bits per heavy atom. The van der Waals surface area contributed by atoms with E-state index >= 15 is 0 Å². The summed E-state index contributed by atoms with van der Waals surface area (Å²) in [4.78, 5) is 4.17. The summed E-state index contributed by atoms with van der Waals surface area (Å²) in [5.74, 6) is 1.33. The summed E-state index contributed by atoms with van der Waals surface area (Å²) in [6.07, 6.45) is 2.78. The molecule has 0 spiro atoms. The molecule has 4 heteroatoms. The third-order valence-electron chi connectivity index (χ3n) is 1.76. The van der Waals surface area contributed by atoms with Crippen molar-refractivity contribution < 1.29 is 0 Å². The van der Waals surface area contributed by atoms with Gasteiger partial charge in [0.05, 0.1) is 0 Å². The predicted molar refractivity (Wildman–Crippen MR) is 54.2 cm³/mol. The minimum absolute atomic E-state index is 0.650. The normalized spacial score (nSPS) is 12.0. The molecule has 0 saturated carbocycles. The fraction of sp³-hybridized carbons (Fsp3) is 0.556. The Morgan fingerprint density at radius 1 is 1.62 bits per heavy atom. The van der Waals surface area contributed by atoms with Crippen LogP contribution < -0.4 is 5.73 Å². The van der Waals surface area contributed by atoms with Gasteiger partial charge in [-0.3, -0.25) is 5.10 Å². The first-order valence-electron chi connectivity index (χ1n) is 4.63. The third-order valence-corrected chi connectivity index (χ3v) is 1.76. The van der Waals surface area contributed by atoms with Crippen molar-refractivity contribution in [3.8, 4) is 0 Å². The van der Waals surface area contributed by atoms with Crippen LogP contribution in [0, 0.1) is 0 Å². The lowest BCUT2D eigenvalue weighted by Gasteiger charge is -1.93. The van der Waals surface area contributed by atoms with E-state index in [0.29, 0.717) is 11.7 Å². The van der Waals surface area contributed by atoms with Crippen LogP contribution in [0.2, 0.25) is 0 Å². The molecule has 4 nitrogen and oxygen atoms in total. The van der Waals surface area contributed by atoms with Crippen molar-refractivity contribution in [2.24, 2.45) is 10.7 Å². The second-order valence-corrected chi connectivity index (χ2v) is 2.96. The first-order chi connectivity index (χ1) is 6.26. The molecule has 72 valence electrons. The van der Waals surface area contributed by atoms with Crippen molar-refractivity contribution >= 4 is 11.7 Å². The Hall–Kier alpha value is -1.32. The number of nitrogens with zero attached hydrogens (tertiary/aromatic N) is 2. The maximum Gasteiger partial charge on any atom is 0.175 e. The molecule has 1 heterocycles. The molecule has 1 rings (SSSR count). The second kappa shape index (κ2) is 4.64. The number of aromatic nitrogens is 2. The van der Waals surface area contributed by atoms with Crippen molar-refractivity contribution in [1.29, 1.82) is 0 Å². The fourth-order valence-electron chi connectivity index (χ4n) is 1.05. The molecule has 1 aromatic rings. The van der Waals surface area contributed by atoms with E-state index in [4.69, 9.17) is 5.73 Å². The van der Waals surface area contributed by atoms with Crippen molar-refractivity contribution in [1.82, 2.24) is 10.2 Å². The number of hydrogen-bond donors (Lipinski definition) is 2. The van der Waals surface area contributed by atoms with Crippen molar-refractivity contribution in [3.05, 3.63) is 11.8 Å². The Bertz CT molecular complexity index is 288. The van der Waals surface area contributed by atoms with Crippen LogP contribution in [0.25, 0.3) is 0 Å². The molecule has 0 bridgehead atoms. The molecule has 3 N–H and O–H groups in total. The molecular formula is C9H16N4. The highest BCUT2D eigenvalue weighted by molar-refractivity contribution is 5.82. The van der Waals surface area contributed by atoms with E-state index < -0.39 is 0 Å². The van der Waals surface area contributed by atoms with Crippen molar-refractivity contribution in [3.63, 3.8) is 0 Å². The first kappa shape index (κ1) is 9.77. The van der Waals surface area contributed by atoms with E-state index in [9.17, 15) is 0 Å². The lowest BCUT2D eigenvalue weighted by Crippen LogP contribution is -2.09. The second-order valence-electron chi connectivity index (χ2n) is 2.96. The summed E-state index contributed by atoms with van der Waals surface area (Å²) in [6.45, 7) is 4.14. The van der Waals surface area contributed by atoms with E-state index in [1.165, 1.54) is 0 Å². The molecular weight excluding hydrogens is 164 g/mol. The minimum Gasteiger partial charge on any atom is -0.387 e. The number of aryl methyl sites for hydroxylation is 1. The van der Waals surface area contributed by atoms with Gasteiger partial charge in [0.15, 0.2) is 5.82 Å². The largest absolute Gasteiger partial charge is 0.387 e. The molecule has 0 aliphatic heterocycles. The highest BCUT2D eigenvalue weighted by atomic mass is 15.2. The Morgan fingerprint density at radius 2 is 2.38 bits per heavy atom. The van der Waals surface area contributed by atoms with Crippen LogP contribution >= 0.6 is 0 Å². The molecule has 0 aliphatic rings. The summed E-state index contributed by atoms with van der Waals surface area (Å²) in [7, 11) is 0. The summed E-state index contributed by atoms with van der Waals surface area (Å²) < 4.78 is 0. The highest BCUT2D eigenvalue weighted by Crippen LogP contribution is 2.09. The Kier molecular flexibility index (Phi) is 3.49. The fourth-order valence-corrected chi connectivity index (χ4v) is 1.05. The molecule has 1 aromatic heterocycles. The van der Waals surface area contributed by atoms with Gasteiger partial charge in [0.1, 0.15) is 5.84 Å². The molecule has 0 aliphatic carbocycles. The summed E-state index contributed by atoms with van der Waals surface area (Å²) in [6, 6.07) is 1.92. The average molecular weight is 180 g/mol. The van der Waals surface area contributed by atoms with Crippen LogP contribution in [0.3, 0.4) is 0 Å². The maximum atomic E-state index is 5.66. The lowest BCUT2D eigenvalue weighted by atomic mass is 10.3. The molecule has 0 radical (unpaired) electrons. The van der Waals surface area contributed by atoms with E-state index in [0.717, 1.165) is 25.0 Å². The third kappa shape index (κ3) is 2.89. The van der Waals surface area contributed by atoms with Crippen LogP contribution in [0.1, 0.15) is 32.4 Å². The number of aromatic amines is 1. The Balaban J connectivity index is 2.67. The predicted octanol–water partition coefficient (Wildman–Crippen LogP) is 1.76. The van der Waals surface area contributed by atoms with Gasteiger partial charge in [-0.1, -0.05) is 13.8 Å². The zero-order valence-corrected chi connectivity index (χ0v) is 8.17. The lowest BCUT2D eigenvalue weighted by molar-refractivity contribution is 0.965. The van der Waals surface area contributed by atoms with E-state index in [-0.39, 0.29) is 0 Å². The summed E-state index contributed by atoms with van der Waals surface area (Å²) >= 11 is 0. The maximum absolute atomic E-state index is 5.66. The van der Waals surface area contributed by atoms with Crippen LogP contribution in [0.4, 0.5) is 5.82 Å². The SMILES string of the molecule is CCCC(N)=Nc1cc(CC)[nH]n1. The molecule has 0 saturated heterocycles. The molecule has 0 unspecified atom stereocenters. The molecule has 13 heavy (non-hydrogen) atoms. The van der Waals surface area contributed by atoms with Gasteiger partial charge in [0, 0.05) is 18.2 Å². The number of nitrogens with two attached hydrogens (primary N) is 1.